The molecule has 1 N–H and O–H groups in total. The van der Waals surface area contributed by atoms with Gasteiger partial charge in [0.05, 0.1) is 6.17 Å². The molecule has 2 saturated heterocycles. The van der Waals surface area contributed by atoms with Gasteiger partial charge in [-0.15, -0.1) is 0 Å². The first-order valence-electron chi connectivity index (χ1n) is 6.98. The van der Waals surface area contributed by atoms with Crippen LogP contribution in [0.5, 0.6) is 0 Å². The van der Waals surface area contributed by atoms with Gasteiger partial charge in [0.1, 0.15) is 0 Å². The molecule has 0 spiro atoms. The highest BCUT2D eigenvalue weighted by Gasteiger charge is 2.31. The molecule has 2 fully saturated rings. The largest absolute Gasteiger partial charge is 0.314 e. The molecule has 1 unspecified atom stereocenters. The quantitative estimate of drug-likeness (QED) is 0.756. The first kappa shape index (κ1) is 13.3. The molecule has 2 aliphatic heterocycles. The number of piperidine rings is 1. The molecule has 0 bridgehead atoms. The van der Waals surface area contributed by atoms with Crippen molar-refractivity contribution in [1.29, 1.82) is 0 Å². The van der Waals surface area contributed by atoms with Crippen LogP contribution in [0.2, 0.25) is 0 Å². The molecule has 2 rings (SSSR count). The van der Waals surface area contributed by atoms with Crippen LogP contribution < -0.4 is 5.32 Å². The highest BCUT2D eigenvalue weighted by atomic mass is 15.4. The Morgan fingerprint density at radius 3 is 2.18 bits per heavy atom. The van der Waals surface area contributed by atoms with Gasteiger partial charge in [-0.1, -0.05) is 0 Å². The molecule has 0 amide bonds. The van der Waals surface area contributed by atoms with E-state index in [-0.39, 0.29) is 0 Å². The zero-order valence-electron chi connectivity index (χ0n) is 11.7. The maximum absolute atomic E-state index is 3.45. The molecular formula is C13H28N4. The topological polar surface area (TPSA) is 21.8 Å². The summed E-state index contributed by atoms with van der Waals surface area (Å²) in [5.41, 5.74) is 0. The van der Waals surface area contributed by atoms with Crippen molar-refractivity contribution in [2.24, 2.45) is 5.92 Å². The minimum absolute atomic E-state index is 0.644. The highest BCUT2D eigenvalue weighted by Crippen LogP contribution is 2.25. The van der Waals surface area contributed by atoms with Crippen LogP contribution in [0.3, 0.4) is 0 Å². The Balaban J connectivity index is 1.95. The molecule has 0 radical (unpaired) electrons. The molecule has 100 valence electrons. The van der Waals surface area contributed by atoms with E-state index in [1.807, 2.05) is 0 Å². The maximum Gasteiger partial charge on any atom is 0.0648 e. The summed E-state index contributed by atoms with van der Waals surface area (Å²) in [7, 11) is 6.72. The standard InChI is InChI=1S/C13H28N4/c1-15(2)13(17-10-6-14-7-11-17)12-4-8-16(3)9-5-12/h12-14H,4-11H2,1-3H3. The Morgan fingerprint density at radius 1 is 1.06 bits per heavy atom. The molecule has 0 aromatic carbocycles. The molecule has 17 heavy (non-hydrogen) atoms. The van der Waals surface area contributed by atoms with E-state index >= 15 is 0 Å². The second kappa shape index (κ2) is 6.14. The van der Waals surface area contributed by atoms with Crippen molar-refractivity contribution in [2.45, 2.75) is 19.0 Å². The second-order valence-electron chi connectivity index (χ2n) is 5.80. The van der Waals surface area contributed by atoms with E-state index in [1.54, 1.807) is 0 Å². The summed E-state index contributed by atoms with van der Waals surface area (Å²) in [6.07, 6.45) is 3.35. The molecule has 1 atom stereocenters. The molecule has 0 aromatic heterocycles. The summed E-state index contributed by atoms with van der Waals surface area (Å²) >= 11 is 0. The third-order valence-electron chi connectivity index (χ3n) is 4.24. The number of rotatable bonds is 3. The van der Waals surface area contributed by atoms with Gasteiger partial charge in [0.25, 0.3) is 0 Å². The van der Waals surface area contributed by atoms with Crippen molar-refractivity contribution in [3.63, 3.8) is 0 Å². The van der Waals surface area contributed by atoms with E-state index in [1.165, 1.54) is 39.0 Å². The Morgan fingerprint density at radius 2 is 1.65 bits per heavy atom. The van der Waals surface area contributed by atoms with Crippen molar-refractivity contribution in [1.82, 2.24) is 20.0 Å². The average molecular weight is 240 g/mol. The first-order valence-corrected chi connectivity index (χ1v) is 6.98. The summed E-state index contributed by atoms with van der Waals surface area (Å²) in [5.74, 6) is 0.847. The van der Waals surface area contributed by atoms with Crippen LogP contribution in [0.25, 0.3) is 0 Å². The summed E-state index contributed by atoms with van der Waals surface area (Å²) in [6.45, 7) is 7.24. The molecule has 0 saturated carbocycles. The summed E-state index contributed by atoms with van der Waals surface area (Å²) < 4.78 is 0. The van der Waals surface area contributed by atoms with Crippen molar-refractivity contribution in [3.8, 4) is 0 Å². The van der Waals surface area contributed by atoms with Gasteiger partial charge in [-0.05, 0) is 53.0 Å². The van der Waals surface area contributed by atoms with Crippen LogP contribution in [-0.4, -0.2) is 81.3 Å². The molecule has 0 aromatic rings. The average Bonchev–Trinajstić information content (AvgIpc) is 2.33. The number of nitrogens with one attached hydrogen (secondary N) is 1. The predicted octanol–water partition coefficient (Wildman–Crippen LogP) is 0.121. The maximum atomic E-state index is 3.45. The minimum Gasteiger partial charge on any atom is -0.314 e. The van der Waals surface area contributed by atoms with Crippen LogP contribution in [0.4, 0.5) is 0 Å². The third-order valence-corrected chi connectivity index (χ3v) is 4.24. The first-order chi connectivity index (χ1) is 8.18. The van der Waals surface area contributed by atoms with Gasteiger partial charge in [0.2, 0.25) is 0 Å². The zero-order chi connectivity index (χ0) is 12.3. The van der Waals surface area contributed by atoms with E-state index in [4.69, 9.17) is 0 Å². The Bertz CT molecular complexity index is 217. The van der Waals surface area contributed by atoms with Gasteiger partial charge in [-0.25, -0.2) is 0 Å². The lowest BCUT2D eigenvalue weighted by atomic mass is 9.92. The number of nitrogens with zero attached hydrogens (tertiary/aromatic N) is 3. The molecule has 2 heterocycles. The smallest absolute Gasteiger partial charge is 0.0648 e. The van der Waals surface area contributed by atoms with Crippen LogP contribution in [-0.2, 0) is 0 Å². The molecular weight excluding hydrogens is 212 g/mol. The van der Waals surface area contributed by atoms with Gasteiger partial charge in [-0.3, -0.25) is 9.80 Å². The lowest BCUT2D eigenvalue weighted by Gasteiger charge is -2.45. The van der Waals surface area contributed by atoms with Crippen molar-refractivity contribution < 1.29 is 0 Å². The summed E-state index contributed by atoms with van der Waals surface area (Å²) in [6, 6.07) is 0. The number of likely N-dealkylation sites (tertiary alicyclic amines) is 1. The molecule has 0 aliphatic carbocycles. The van der Waals surface area contributed by atoms with Gasteiger partial charge < -0.3 is 10.2 Å². The number of hydrogen-bond donors (Lipinski definition) is 1. The van der Waals surface area contributed by atoms with E-state index in [9.17, 15) is 0 Å². The lowest BCUT2D eigenvalue weighted by Crippen LogP contribution is -2.57. The number of piperazine rings is 1. The molecule has 4 heteroatoms. The van der Waals surface area contributed by atoms with E-state index in [0.29, 0.717) is 6.17 Å². The third kappa shape index (κ3) is 3.41. The number of hydrogen-bond acceptors (Lipinski definition) is 4. The van der Waals surface area contributed by atoms with E-state index in [2.05, 4.69) is 41.2 Å². The minimum atomic E-state index is 0.644. The highest BCUT2D eigenvalue weighted by molar-refractivity contribution is 4.84. The van der Waals surface area contributed by atoms with Crippen molar-refractivity contribution in [2.75, 3.05) is 60.4 Å². The van der Waals surface area contributed by atoms with Crippen LogP contribution in [0, 0.1) is 5.92 Å². The summed E-state index contributed by atoms with van der Waals surface area (Å²) in [4.78, 5) is 7.56. The fourth-order valence-electron chi connectivity index (χ4n) is 3.32. The van der Waals surface area contributed by atoms with Crippen molar-refractivity contribution >= 4 is 0 Å². The van der Waals surface area contributed by atoms with Crippen LogP contribution in [0.15, 0.2) is 0 Å². The van der Waals surface area contributed by atoms with Gasteiger partial charge in [0.15, 0.2) is 0 Å². The van der Waals surface area contributed by atoms with Crippen LogP contribution >= 0.6 is 0 Å². The second-order valence-corrected chi connectivity index (χ2v) is 5.80. The summed E-state index contributed by atoms with van der Waals surface area (Å²) in [5, 5.41) is 3.45. The molecule has 2 aliphatic rings. The van der Waals surface area contributed by atoms with Gasteiger partial charge in [0, 0.05) is 26.2 Å². The fourth-order valence-corrected chi connectivity index (χ4v) is 3.32. The Kier molecular flexibility index (Phi) is 4.79. The Hall–Kier alpha value is -0.160. The van der Waals surface area contributed by atoms with E-state index in [0.717, 1.165) is 19.0 Å². The lowest BCUT2D eigenvalue weighted by molar-refractivity contribution is 0.00118. The fraction of sp³-hybridized carbons (Fsp3) is 1.00. The van der Waals surface area contributed by atoms with Crippen LogP contribution in [0.1, 0.15) is 12.8 Å². The predicted molar refractivity (Wildman–Crippen MR) is 72.1 cm³/mol. The van der Waals surface area contributed by atoms with Gasteiger partial charge >= 0.3 is 0 Å². The van der Waals surface area contributed by atoms with Gasteiger partial charge in [-0.2, -0.15) is 0 Å². The monoisotopic (exact) mass is 240 g/mol. The van der Waals surface area contributed by atoms with E-state index < -0.39 is 0 Å². The zero-order valence-corrected chi connectivity index (χ0v) is 11.7. The SMILES string of the molecule is CN1CCC(C(N(C)C)N2CCNCC2)CC1. The van der Waals surface area contributed by atoms with Crippen molar-refractivity contribution in [3.05, 3.63) is 0 Å². The Labute approximate surface area is 106 Å². The molecule has 4 nitrogen and oxygen atoms in total. The normalized spacial score (nSPS) is 27.5.